The molecule has 0 radical (unpaired) electrons. The molecule has 0 amide bonds. The van der Waals surface area contributed by atoms with Gasteiger partial charge in [-0.25, -0.2) is 4.98 Å². The standard InChI is InChI=1S/C19H34N2O2.C10H10O2/c1-4-6-7-8-9-10-11-14-20-18(16-22-3)17-12-13-19(21-15-17)23-5-2;11-10(12)9-6-8(9)7-4-2-1-3-5-7/h12-13,15,18,20H,4-11,14,16H2,1-3H3;1-5,8-9H,6H2,(H,11,12)/t18-;8-,9+/m01/s1. The van der Waals surface area contributed by atoms with Crippen LogP contribution in [0.4, 0.5) is 0 Å². The largest absolute Gasteiger partial charge is 0.481 e. The summed E-state index contributed by atoms with van der Waals surface area (Å²) in [6.07, 6.45) is 12.0. The predicted molar refractivity (Wildman–Crippen MR) is 141 cm³/mol. The van der Waals surface area contributed by atoms with Gasteiger partial charge in [0.05, 0.1) is 25.2 Å². The summed E-state index contributed by atoms with van der Waals surface area (Å²) in [4.78, 5) is 14.9. The predicted octanol–water partition coefficient (Wildman–Crippen LogP) is 6.38. The lowest BCUT2D eigenvalue weighted by Gasteiger charge is -2.18. The Labute approximate surface area is 211 Å². The van der Waals surface area contributed by atoms with Crippen LogP contribution in [0.5, 0.6) is 5.88 Å². The maximum absolute atomic E-state index is 10.5. The molecule has 0 bridgehead atoms. The number of aliphatic carboxylic acids is 1. The van der Waals surface area contributed by atoms with Crippen LogP contribution in [0.25, 0.3) is 0 Å². The summed E-state index contributed by atoms with van der Waals surface area (Å²) in [5, 5.41) is 12.3. The number of ether oxygens (including phenoxy) is 2. The van der Waals surface area contributed by atoms with Crippen molar-refractivity contribution in [2.24, 2.45) is 5.92 Å². The van der Waals surface area contributed by atoms with Gasteiger partial charge in [-0.05, 0) is 43.4 Å². The summed E-state index contributed by atoms with van der Waals surface area (Å²) < 4.78 is 10.7. The van der Waals surface area contributed by atoms with Crippen molar-refractivity contribution in [3.63, 3.8) is 0 Å². The molecule has 1 saturated carbocycles. The van der Waals surface area contributed by atoms with Gasteiger partial charge in [0.15, 0.2) is 0 Å². The highest BCUT2D eigenvalue weighted by atomic mass is 16.5. The van der Waals surface area contributed by atoms with Crippen LogP contribution in [-0.2, 0) is 9.53 Å². The van der Waals surface area contributed by atoms with E-state index in [2.05, 4.69) is 23.3 Å². The quantitative estimate of drug-likeness (QED) is 0.269. The van der Waals surface area contributed by atoms with Crippen LogP contribution in [0.3, 0.4) is 0 Å². The minimum atomic E-state index is -0.663. The molecule has 1 heterocycles. The molecule has 1 aromatic carbocycles. The lowest BCUT2D eigenvalue weighted by Crippen LogP contribution is -2.26. The number of hydrogen-bond acceptors (Lipinski definition) is 5. The second kappa shape index (κ2) is 17.1. The second-order valence-electron chi connectivity index (χ2n) is 9.14. The van der Waals surface area contributed by atoms with Crippen molar-refractivity contribution in [1.82, 2.24) is 10.3 Å². The number of benzene rings is 1. The lowest BCUT2D eigenvalue weighted by molar-refractivity contribution is -0.138. The molecule has 2 aromatic rings. The van der Waals surface area contributed by atoms with Crippen molar-refractivity contribution >= 4 is 5.97 Å². The third-order valence-electron chi connectivity index (χ3n) is 6.29. The van der Waals surface area contributed by atoms with Gasteiger partial charge in [-0.15, -0.1) is 0 Å². The summed E-state index contributed by atoms with van der Waals surface area (Å²) in [5.74, 6) is 0.152. The van der Waals surface area contributed by atoms with E-state index < -0.39 is 5.97 Å². The molecule has 0 aliphatic heterocycles. The molecular weight excluding hydrogens is 440 g/mol. The molecule has 6 nitrogen and oxygen atoms in total. The zero-order valence-electron chi connectivity index (χ0n) is 21.7. The fourth-order valence-electron chi connectivity index (χ4n) is 4.17. The minimum absolute atomic E-state index is 0.132. The summed E-state index contributed by atoms with van der Waals surface area (Å²) >= 11 is 0. The first-order valence-electron chi connectivity index (χ1n) is 13.2. The van der Waals surface area contributed by atoms with Crippen molar-refractivity contribution in [2.75, 3.05) is 26.9 Å². The van der Waals surface area contributed by atoms with E-state index in [1.807, 2.05) is 49.5 Å². The summed E-state index contributed by atoms with van der Waals surface area (Å²) in [7, 11) is 1.74. The fourth-order valence-corrected chi connectivity index (χ4v) is 4.17. The van der Waals surface area contributed by atoms with E-state index >= 15 is 0 Å². The highest BCUT2D eigenvalue weighted by molar-refractivity contribution is 5.75. The van der Waals surface area contributed by atoms with Crippen molar-refractivity contribution in [2.45, 2.75) is 77.2 Å². The number of aromatic nitrogens is 1. The number of carbonyl (C=O) groups is 1. The maximum atomic E-state index is 10.5. The Morgan fingerprint density at radius 2 is 1.77 bits per heavy atom. The fraction of sp³-hybridized carbons (Fsp3) is 0.586. The van der Waals surface area contributed by atoms with Crippen LogP contribution in [-0.4, -0.2) is 42.9 Å². The van der Waals surface area contributed by atoms with E-state index in [4.69, 9.17) is 14.6 Å². The first-order valence-corrected chi connectivity index (χ1v) is 13.2. The minimum Gasteiger partial charge on any atom is -0.481 e. The number of nitrogens with zero attached hydrogens (tertiary/aromatic N) is 1. The zero-order valence-corrected chi connectivity index (χ0v) is 21.7. The first kappa shape index (κ1) is 28.8. The van der Waals surface area contributed by atoms with Gasteiger partial charge in [0.25, 0.3) is 0 Å². The monoisotopic (exact) mass is 484 g/mol. The highest BCUT2D eigenvalue weighted by Crippen LogP contribution is 2.47. The van der Waals surface area contributed by atoms with Gasteiger partial charge in [0.2, 0.25) is 5.88 Å². The Kier molecular flexibility index (Phi) is 14.0. The number of unbranched alkanes of at least 4 members (excludes halogenated alkanes) is 6. The smallest absolute Gasteiger partial charge is 0.307 e. The topological polar surface area (TPSA) is 80.7 Å². The molecule has 0 saturated heterocycles. The van der Waals surface area contributed by atoms with Gasteiger partial charge in [-0.1, -0.05) is 81.8 Å². The van der Waals surface area contributed by atoms with E-state index in [0.29, 0.717) is 19.1 Å². The first-order chi connectivity index (χ1) is 17.1. The molecule has 6 heteroatoms. The van der Waals surface area contributed by atoms with E-state index in [9.17, 15) is 4.79 Å². The van der Waals surface area contributed by atoms with E-state index in [-0.39, 0.29) is 17.9 Å². The Morgan fingerprint density at radius 3 is 2.34 bits per heavy atom. The third kappa shape index (κ3) is 11.2. The Bertz CT molecular complexity index is 813. The number of hydrogen-bond donors (Lipinski definition) is 2. The average Bonchev–Trinajstić information content (AvgIpc) is 3.68. The van der Waals surface area contributed by atoms with Gasteiger partial charge in [0, 0.05) is 19.4 Å². The molecule has 3 atom stereocenters. The van der Waals surface area contributed by atoms with Crippen molar-refractivity contribution in [3.05, 3.63) is 59.8 Å². The summed E-state index contributed by atoms with van der Waals surface area (Å²) in [6.45, 7) is 6.55. The number of pyridine rings is 1. The number of carboxylic acid groups (broad SMARTS) is 1. The zero-order chi connectivity index (χ0) is 25.3. The van der Waals surface area contributed by atoms with E-state index in [1.165, 1.54) is 44.9 Å². The van der Waals surface area contributed by atoms with Gasteiger partial charge in [-0.3, -0.25) is 4.79 Å². The van der Waals surface area contributed by atoms with Crippen LogP contribution < -0.4 is 10.1 Å². The van der Waals surface area contributed by atoms with Gasteiger partial charge < -0.3 is 19.9 Å². The molecule has 0 spiro atoms. The molecule has 1 aliphatic rings. The normalized spacial score (nSPS) is 17.2. The molecular formula is C29H44N2O4. The van der Waals surface area contributed by atoms with Crippen LogP contribution in [0, 0.1) is 5.92 Å². The molecule has 3 rings (SSSR count). The van der Waals surface area contributed by atoms with E-state index in [1.54, 1.807) is 7.11 Å². The van der Waals surface area contributed by atoms with Crippen LogP contribution >= 0.6 is 0 Å². The number of nitrogens with one attached hydrogen (secondary N) is 1. The molecule has 1 fully saturated rings. The molecule has 2 N–H and O–H groups in total. The van der Waals surface area contributed by atoms with Crippen LogP contribution in [0.2, 0.25) is 0 Å². The van der Waals surface area contributed by atoms with Gasteiger partial charge >= 0.3 is 5.97 Å². The number of rotatable bonds is 16. The maximum Gasteiger partial charge on any atom is 0.307 e. The van der Waals surface area contributed by atoms with Crippen molar-refractivity contribution in [3.8, 4) is 5.88 Å². The molecule has 1 aliphatic carbocycles. The summed E-state index contributed by atoms with van der Waals surface area (Å²) in [5.41, 5.74) is 2.31. The van der Waals surface area contributed by atoms with Gasteiger partial charge in [0.1, 0.15) is 0 Å². The molecule has 35 heavy (non-hydrogen) atoms. The molecule has 0 unspecified atom stereocenters. The highest BCUT2D eigenvalue weighted by Gasteiger charge is 2.43. The Hall–Kier alpha value is -2.44. The van der Waals surface area contributed by atoms with Crippen LogP contribution in [0.1, 0.15) is 88.3 Å². The molecule has 1 aromatic heterocycles. The van der Waals surface area contributed by atoms with Crippen molar-refractivity contribution in [1.29, 1.82) is 0 Å². The number of methoxy groups -OCH3 is 1. The SMILES string of the molecule is CCCCCCCCCN[C@@H](COC)c1ccc(OCC)nc1.O=C(O)[C@H]1C[C@@H]1c1ccccc1. The second-order valence-corrected chi connectivity index (χ2v) is 9.14. The van der Waals surface area contributed by atoms with Gasteiger partial charge in [-0.2, -0.15) is 0 Å². The third-order valence-corrected chi connectivity index (χ3v) is 6.29. The molecule has 194 valence electrons. The average molecular weight is 485 g/mol. The lowest BCUT2D eigenvalue weighted by atomic mass is 10.1. The number of carboxylic acids is 1. The van der Waals surface area contributed by atoms with Crippen molar-refractivity contribution < 1.29 is 19.4 Å². The Balaban J connectivity index is 0.000000298. The van der Waals surface area contributed by atoms with E-state index in [0.717, 1.165) is 24.1 Å². The van der Waals surface area contributed by atoms with Crippen LogP contribution in [0.15, 0.2) is 48.7 Å². The Morgan fingerprint density at radius 1 is 1.06 bits per heavy atom. The summed E-state index contributed by atoms with van der Waals surface area (Å²) in [6, 6.07) is 14.0.